The van der Waals surface area contributed by atoms with Gasteiger partial charge in [-0.2, -0.15) is 10.2 Å². The monoisotopic (exact) mass is 420 g/mol. The van der Waals surface area contributed by atoms with Gasteiger partial charge in [0.1, 0.15) is 11.4 Å². The van der Waals surface area contributed by atoms with Crippen molar-refractivity contribution in [2.24, 2.45) is 4.99 Å². The van der Waals surface area contributed by atoms with Crippen LogP contribution in [0.2, 0.25) is 0 Å². The molecule has 1 N–H and O–H groups in total. The molecule has 0 saturated carbocycles. The molecule has 0 fully saturated rings. The summed E-state index contributed by atoms with van der Waals surface area (Å²) >= 11 is 0. The summed E-state index contributed by atoms with van der Waals surface area (Å²) in [5.41, 5.74) is 3.23. The predicted octanol–water partition coefficient (Wildman–Crippen LogP) is 4.89. The fourth-order valence-corrected chi connectivity index (χ4v) is 3.52. The second-order valence-electron chi connectivity index (χ2n) is 7.17. The Labute approximate surface area is 183 Å². The highest BCUT2D eigenvalue weighted by Crippen LogP contribution is 2.39. The van der Waals surface area contributed by atoms with Crippen molar-refractivity contribution in [3.63, 3.8) is 0 Å². The quantitative estimate of drug-likeness (QED) is 0.457. The number of fused-ring (bicyclic) bond motifs is 2. The van der Waals surface area contributed by atoms with Gasteiger partial charge >= 0.3 is 0 Å². The van der Waals surface area contributed by atoms with Crippen LogP contribution in [0.4, 0.5) is 17.3 Å². The zero-order valence-electron chi connectivity index (χ0n) is 17.0. The van der Waals surface area contributed by atoms with Gasteiger partial charge in [0.25, 0.3) is 5.88 Å². The molecule has 0 saturated heterocycles. The molecule has 0 atom stereocenters. The minimum Gasteiger partial charge on any atom is -0.436 e. The van der Waals surface area contributed by atoms with Crippen LogP contribution in [-0.4, -0.2) is 26.9 Å². The Kier molecular flexibility index (Phi) is 4.76. The van der Waals surface area contributed by atoms with Gasteiger partial charge in [-0.15, -0.1) is 0 Å². The van der Waals surface area contributed by atoms with Crippen molar-refractivity contribution < 1.29 is 9.53 Å². The number of hydrogen-bond donors (Lipinski definition) is 1. The lowest BCUT2D eigenvalue weighted by atomic mass is 10.0. The maximum Gasteiger partial charge on any atom is 0.250 e. The smallest absolute Gasteiger partial charge is 0.250 e. The zero-order chi connectivity index (χ0) is 22.1. The number of aromatic nitrogens is 3. The number of Topliss-reactive ketones (excluding diaryl/α,β-unsaturated/α-hetero) is 1. The zero-order valence-corrected chi connectivity index (χ0v) is 17.0. The third-order valence-corrected chi connectivity index (χ3v) is 5.06. The van der Waals surface area contributed by atoms with Crippen molar-refractivity contribution in [2.45, 2.75) is 13.3 Å². The lowest BCUT2D eigenvalue weighted by Gasteiger charge is -2.13. The van der Waals surface area contributed by atoms with Crippen molar-refractivity contribution in [2.75, 3.05) is 5.32 Å². The van der Waals surface area contributed by atoms with E-state index in [1.807, 2.05) is 0 Å². The number of anilines is 2. The van der Waals surface area contributed by atoms with Crippen LogP contribution in [0.3, 0.4) is 0 Å². The van der Waals surface area contributed by atoms with Crippen molar-refractivity contribution in [1.29, 1.82) is 5.26 Å². The lowest BCUT2D eigenvalue weighted by Crippen LogP contribution is -2.02. The fourth-order valence-electron chi connectivity index (χ4n) is 3.52. The summed E-state index contributed by atoms with van der Waals surface area (Å²) in [6, 6.07) is 14.4. The van der Waals surface area contributed by atoms with Crippen molar-refractivity contribution in [1.82, 2.24) is 15.0 Å². The second-order valence-corrected chi connectivity index (χ2v) is 7.17. The first-order valence-electron chi connectivity index (χ1n) is 9.88. The Morgan fingerprint density at radius 2 is 1.94 bits per heavy atom. The van der Waals surface area contributed by atoms with Gasteiger partial charge in [-0.1, -0.05) is 0 Å². The van der Waals surface area contributed by atoms with E-state index in [1.54, 1.807) is 61.1 Å². The maximum absolute atomic E-state index is 12.0. The Bertz CT molecular complexity index is 1440. The van der Waals surface area contributed by atoms with Gasteiger partial charge in [0, 0.05) is 41.7 Å². The Morgan fingerprint density at radius 1 is 1.09 bits per heavy atom. The fraction of sp³-hybridized carbons (Fsp3) is 0.0833. The highest BCUT2D eigenvalue weighted by Gasteiger charge is 2.20. The summed E-state index contributed by atoms with van der Waals surface area (Å²) in [5, 5.41) is 13.6. The number of ketones is 1. The minimum absolute atomic E-state index is 0.0332. The number of hydrogen-bond acceptors (Lipinski definition) is 8. The van der Waals surface area contributed by atoms with E-state index >= 15 is 0 Å². The summed E-state index contributed by atoms with van der Waals surface area (Å²) in [6.45, 7) is 1.53. The van der Waals surface area contributed by atoms with E-state index in [9.17, 15) is 4.79 Å². The average Bonchev–Trinajstić information content (AvgIpc) is 3.28. The van der Waals surface area contributed by atoms with Crippen LogP contribution in [0.1, 0.15) is 28.5 Å². The van der Waals surface area contributed by atoms with Crippen LogP contribution >= 0.6 is 0 Å². The summed E-state index contributed by atoms with van der Waals surface area (Å²) in [5.74, 6) is 1.15. The molecule has 5 rings (SSSR count). The number of ether oxygens (including phenoxy) is 1. The van der Waals surface area contributed by atoms with Gasteiger partial charge in [-0.05, 0) is 54.8 Å². The SMILES string of the molecule is CC(=O)c1ccc(Oc2nc(Nc3ccc(C#N)cc3)nc3c2N=CC3)c2cnccc12. The Morgan fingerprint density at radius 3 is 2.72 bits per heavy atom. The van der Waals surface area contributed by atoms with Gasteiger partial charge in [0.15, 0.2) is 5.78 Å². The first kappa shape index (κ1) is 19.3. The number of nitrogens with zero attached hydrogens (tertiary/aromatic N) is 5. The van der Waals surface area contributed by atoms with Gasteiger partial charge in [-0.3, -0.25) is 14.8 Å². The number of rotatable bonds is 5. The van der Waals surface area contributed by atoms with Gasteiger partial charge in [0.05, 0.1) is 17.3 Å². The van der Waals surface area contributed by atoms with E-state index in [4.69, 9.17) is 10.00 Å². The Balaban J connectivity index is 1.54. The number of nitrogens with one attached hydrogen (secondary N) is 1. The van der Waals surface area contributed by atoms with E-state index in [-0.39, 0.29) is 5.78 Å². The number of aliphatic imine (C=N–C) groups is 1. The van der Waals surface area contributed by atoms with Gasteiger partial charge in [0.2, 0.25) is 5.95 Å². The standard InChI is InChI=1S/C24H16N6O2/c1-14(31)17-6-7-21(19-13-26-10-8-18(17)19)32-23-22-20(9-11-27-22)29-24(30-23)28-16-4-2-15(12-25)3-5-16/h2-8,10-11,13H,9H2,1H3,(H,28,29,30). The largest absolute Gasteiger partial charge is 0.436 e. The third-order valence-electron chi connectivity index (χ3n) is 5.06. The molecule has 0 aliphatic carbocycles. The number of benzene rings is 2. The first-order valence-corrected chi connectivity index (χ1v) is 9.88. The summed E-state index contributed by atoms with van der Waals surface area (Å²) < 4.78 is 6.18. The summed E-state index contributed by atoms with van der Waals surface area (Å²) in [6.07, 6.45) is 5.64. The molecule has 0 amide bonds. The van der Waals surface area contributed by atoms with E-state index in [1.165, 1.54) is 6.92 Å². The molecular weight excluding hydrogens is 404 g/mol. The van der Waals surface area contributed by atoms with Crippen LogP contribution in [0.15, 0.2) is 59.9 Å². The summed E-state index contributed by atoms with van der Waals surface area (Å²) in [7, 11) is 0. The van der Waals surface area contributed by atoms with E-state index in [2.05, 4.69) is 31.3 Å². The second kappa shape index (κ2) is 7.89. The molecule has 3 heterocycles. The molecule has 154 valence electrons. The molecule has 1 aliphatic rings. The molecule has 2 aromatic heterocycles. The van der Waals surface area contributed by atoms with E-state index in [0.29, 0.717) is 46.2 Å². The molecular formula is C24H16N6O2. The van der Waals surface area contributed by atoms with E-state index in [0.717, 1.165) is 16.8 Å². The van der Waals surface area contributed by atoms with Crippen molar-refractivity contribution >= 4 is 40.1 Å². The first-order chi connectivity index (χ1) is 15.6. The molecule has 2 aromatic carbocycles. The van der Waals surface area contributed by atoms with Crippen LogP contribution < -0.4 is 10.1 Å². The molecule has 32 heavy (non-hydrogen) atoms. The molecule has 1 aliphatic heterocycles. The minimum atomic E-state index is -0.0332. The summed E-state index contributed by atoms with van der Waals surface area (Å²) in [4.78, 5) is 29.7. The number of carbonyl (C=O) groups is 1. The van der Waals surface area contributed by atoms with Crippen molar-refractivity contribution in [3.05, 3.63) is 71.7 Å². The highest BCUT2D eigenvalue weighted by atomic mass is 16.5. The normalized spacial score (nSPS) is 11.8. The predicted molar refractivity (Wildman–Crippen MR) is 120 cm³/mol. The molecule has 0 spiro atoms. The van der Waals surface area contributed by atoms with Crippen LogP contribution in [0.25, 0.3) is 10.8 Å². The topological polar surface area (TPSA) is 113 Å². The molecule has 0 unspecified atom stereocenters. The number of pyridine rings is 1. The molecule has 4 aromatic rings. The third kappa shape index (κ3) is 3.52. The van der Waals surface area contributed by atoms with Crippen molar-refractivity contribution in [3.8, 4) is 17.7 Å². The molecule has 0 radical (unpaired) electrons. The number of carbonyl (C=O) groups excluding carboxylic acids is 1. The highest BCUT2D eigenvalue weighted by molar-refractivity contribution is 6.08. The Hall–Kier alpha value is -4.64. The van der Waals surface area contributed by atoms with Gasteiger partial charge in [-0.25, -0.2) is 4.98 Å². The van der Waals surface area contributed by atoms with Crippen LogP contribution in [0.5, 0.6) is 11.6 Å². The van der Waals surface area contributed by atoms with Crippen LogP contribution in [-0.2, 0) is 6.42 Å². The average molecular weight is 420 g/mol. The number of nitriles is 1. The molecule has 8 nitrogen and oxygen atoms in total. The molecule has 8 heteroatoms. The van der Waals surface area contributed by atoms with E-state index < -0.39 is 0 Å². The lowest BCUT2D eigenvalue weighted by molar-refractivity contribution is 0.101. The molecule has 0 bridgehead atoms. The maximum atomic E-state index is 12.0. The van der Waals surface area contributed by atoms with Crippen LogP contribution in [0, 0.1) is 11.3 Å². The van der Waals surface area contributed by atoms with Gasteiger partial charge < -0.3 is 10.1 Å².